The van der Waals surface area contributed by atoms with Crippen molar-refractivity contribution in [3.63, 3.8) is 0 Å². The maximum atomic E-state index is 12.0. The highest BCUT2D eigenvalue weighted by molar-refractivity contribution is 9.10. The Morgan fingerprint density at radius 3 is 2.65 bits per heavy atom. The van der Waals surface area contributed by atoms with Crippen molar-refractivity contribution in [3.05, 3.63) is 60.8 Å². The van der Waals surface area contributed by atoms with E-state index in [0.29, 0.717) is 12.1 Å². The Kier molecular flexibility index (Phi) is 4.13. The van der Waals surface area contributed by atoms with Gasteiger partial charge in [0.2, 0.25) is 0 Å². The molecule has 0 fully saturated rings. The van der Waals surface area contributed by atoms with Gasteiger partial charge in [-0.05, 0) is 24.6 Å². The zero-order valence-corrected chi connectivity index (χ0v) is 13.2. The van der Waals surface area contributed by atoms with E-state index in [2.05, 4.69) is 21.2 Å². The van der Waals surface area contributed by atoms with Gasteiger partial charge in [-0.25, -0.2) is 4.79 Å². The molecule has 0 unspecified atom stereocenters. The molecule has 1 aromatic heterocycles. The summed E-state index contributed by atoms with van der Waals surface area (Å²) in [6, 6.07) is 5.92. The van der Waals surface area contributed by atoms with Gasteiger partial charge >= 0.3 is 5.69 Å². The molecule has 0 saturated heterocycles. The standard InChI is InChI=1S/C14H16BrN3O2/c1-9-4-5-11(15)6-12(9)16-7-10-8-17(2)14(20)18(3)13(10)19/h4-6,8,16H,7H2,1-3H3. The third-order valence-corrected chi connectivity index (χ3v) is 3.68. The number of aryl methyl sites for hydroxylation is 2. The van der Waals surface area contributed by atoms with Crippen molar-refractivity contribution in [1.29, 1.82) is 0 Å². The van der Waals surface area contributed by atoms with Gasteiger partial charge in [-0.2, -0.15) is 0 Å². The second-order valence-electron chi connectivity index (χ2n) is 4.72. The number of benzene rings is 1. The zero-order valence-electron chi connectivity index (χ0n) is 11.6. The van der Waals surface area contributed by atoms with Crippen LogP contribution in [-0.4, -0.2) is 9.13 Å². The van der Waals surface area contributed by atoms with E-state index in [1.165, 1.54) is 11.6 Å². The Bertz CT molecular complexity index is 762. The molecule has 0 atom stereocenters. The molecule has 0 spiro atoms. The number of nitrogens with one attached hydrogen (secondary N) is 1. The molecule has 0 aliphatic carbocycles. The van der Waals surface area contributed by atoms with Crippen LogP contribution in [0.2, 0.25) is 0 Å². The van der Waals surface area contributed by atoms with Crippen molar-refractivity contribution in [1.82, 2.24) is 9.13 Å². The van der Waals surface area contributed by atoms with Gasteiger partial charge in [-0.3, -0.25) is 9.36 Å². The lowest BCUT2D eigenvalue weighted by Crippen LogP contribution is -2.38. The number of hydrogen-bond donors (Lipinski definition) is 1. The summed E-state index contributed by atoms with van der Waals surface area (Å²) in [5, 5.41) is 3.23. The molecule has 0 aliphatic rings. The van der Waals surface area contributed by atoms with E-state index in [-0.39, 0.29) is 11.2 Å². The summed E-state index contributed by atoms with van der Waals surface area (Å²) in [4.78, 5) is 23.6. The SMILES string of the molecule is Cc1ccc(Br)cc1NCc1cn(C)c(=O)n(C)c1=O. The first kappa shape index (κ1) is 14.6. The van der Waals surface area contributed by atoms with Crippen LogP contribution in [0.15, 0.2) is 38.5 Å². The van der Waals surface area contributed by atoms with E-state index < -0.39 is 0 Å². The number of rotatable bonds is 3. The minimum Gasteiger partial charge on any atom is -0.380 e. The largest absolute Gasteiger partial charge is 0.380 e. The summed E-state index contributed by atoms with van der Waals surface area (Å²) in [5.74, 6) is 0. The highest BCUT2D eigenvalue weighted by Crippen LogP contribution is 2.20. The lowest BCUT2D eigenvalue weighted by molar-refractivity contribution is 0.671. The fourth-order valence-corrected chi connectivity index (χ4v) is 2.34. The van der Waals surface area contributed by atoms with Crippen LogP contribution in [0.3, 0.4) is 0 Å². The fourth-order valence-electron chi connectivity index (χ4n) is 1.98. The van der Waals surface area contributed by atoms with E-state index in [1.54, 1.807) is 13.2 Å². The summed E-state index contributed by atoms with van der Waals surface area (Å²) in [5.41, 5.74) is 2.00. The van der Waals surface area contributed by atoms with E-state index >= 15 is 0 Å². The van der Waals surface area contributed by atoms with Crippen LogP contribution >= 0.6 is 15.9 Å². The van der Waals surface area contributed by atoms with Crippen LogP contribution in [0.5, 0.6) is 0 Å². The van der Waals surface area contributed by atoms with Gasteiger partial charge in [0.05, 0.1) is 5.56 Å². The molecule has 0 bridgehead atoms. The van der Waals surface area contributed by atoms with Gasteiger partial charge < -0.3 is 9.88 Å². The first-order valence-electron chi connectivity index (χ1n) is 6.15. The highest BCUT2D eigenvalue weighted by Gasteiger charge is 2.07. The van der Waals surface area contributed by atoms with Crippen LogP contribution in [0.1, 0.15) is 11.1 Å². The van der Waals surface area contributed by atoms with Gasteiger partial charge in [0.25, 0.3) is 5.56 Å². The van der Waals surface area contributed by atoms with Gasteiger partial charge in [-0.1, -0.05) is 22.0 Å². The predicted octanol–water partition coefficient (Wildman–Crippen LogP) is 1.77. The number of anilines is 1. The van der Waals surface area contributed by atoms with Crippen LogP contribution < -0.4 is 16.6 Å². The van der Waals surface area contributed by atoms with Crippen molar-refractivity contribution in [2.45, 2.75) is 13.5 Å². The van der Waals surface area contributed by atoms with Crippen LogP contribution in [0, 0.1) is 6.92 Å². The third-order valence-electron chi connectivity index (χ3n) is 3.19. The molecule has 1 aromatic carbocycles. The van der Waals surface area contributed by atoms with Gasteiger partial charge in [0.15, 0.2) is 0 Å². The van der Waals surface area contributed by atoms with Crippen molar-refractivity contribution < 1.29 is 0 Å². The summed E-state index contributed by atoms with van der Waals surface area (Å²) in [7, 11) is 3.12. The Labute approximate surface area is 125 Å². The molecule has 5 nitrogen and oxygen atoms in total. The Balaban J connectivity index is 2.30. The summed E-state index contributed by atoms with van der Waals surface area (Å²) >= 11 is 3.42. The van der Waals surface area contributed by atoms with Crippen molar-refractivity contribution in [3.8, 4) is 0 Å². The molecule has 1 heterocycles. The first-order valence-corrected chi connectivity index (χ1v) is 6.95. The van der Waals surface area contributed by atoms with E-state index in [4.69, 9.17) is 0 Å². The molecular formula is C14H16BrN3O2. The topological polar surface area (TPSA) is 56.0 Å². The molecule has 106 valence electrons. The summed E-state index contributed by atoms with van der Waals surface area (Å²) in [6.45, 7) is 2.37. The quantitative estimate of drug-likeness (QED) is 0.928. The number of nitrogens with zero attached hydrogens (tertiary/aromatic N) is 2. The Morgan fingerprint density at radius 2 is 1.95 bits per heavy atom. The lowest BCUT2D eigenvalue weighted by atomic mass is 10.2. The summed E-state index contributed by atoms with van der Waals surface area (Å²) in [6.07, 6.45) is 1.57. The monoisotopic (exact) mass is 337 g/mol. The molecule has 0 saturated carbocycles. The highest BCUT2D eigenvalue weighted by atomic mass is 79.9. The van der Waals surface area contributed by atoms with Gasteiger partial charge in [-0.15, -0.1) is 0 Å². The van der Waals surface area contributed by atoms with Crippen LogP contribution in [0.25, 0.3) is 0 Å². The normalized spacial score (nSPS) is 10.6. The van der Waals surface area contributed by atoms with Gasteiger partial charge in [0.1, 0.15) is 0 Å². The molecule has 6 heteroatoms. The molecule has 0 radical (unpaired) electrons. The molecule has 20 heavy (non-hydrogen) atoms. The van der Waals surface area contributed by atoms with Crippen LogP contribution in [-0.2, 0) is 20.6 Å². The Hall–Kier alpha value is -1.82. The van der Waals surface area contributed by atoms with Crippen molar-refractivity contribution in [2.24, 2.45) is 14.1 Å². The van der Waals surface area contributed by atoms with E-state index in [9.17, 15) is 9.59 Å². The van der Waals surface area contributed by atoms with Crippen molar-refractivity contribution in [2.75, 3.05) is 5.32 Å². The molecule has 2 rings (SSSR count). The average Bonchev–Trinajstić information content (AvgIpc) is 2.42. The average molecular weight is 338 g/mol. The summed E-state index contributed by atoms with van der Waals surface area (Å²) < 4.78 is 3.50. The fraction of sp³-hybridized carbons (Fsp3) is 0.286. The maximum absolute atomic E-state index is 12.0. The van der Waals surface area contributed by atoms with E-state index in [0.717, 1.165) is 20.3 Å². The van der Waals surface area contributed by atoms with Crippen molar-refractivity contribution >= 4 is 21.6 Å². The van der Waals surface area contributed by atoms with Crippen LogP contribution in [0.4, 0.5) is 5.69 Å². The minimum absolute atomic E-state index is 0.270. The number of hydrogen-bond acceptors (Lipinski definition) is 3. The second-order valence-corrected chi connectivity index (χ2v) is 5.64. The second kappa shape index (κ2) is 5.66. The molecule has 0 amide bonds. The number of aromatic nitrogens is 2. The molecule has 0 aliphatic heterocycles. The maximum Gasteiger partial charge on any atom is 0.330 e. The lowest BCUT2D eigenvalue weighted by Gasteiger charge is -2.11. The third kappa shape index (κ3) is 2.85. The smallest absolute Gasteiger partial charge is 0.330 e. The molecule has 1 N–H and O–H groups in total. The molecule has 2 aromatic rings. The minimum atomic E-state index is -0.322. The zero-order chi connectivity index (χ0) is 14.9. The van der Waals surface area contributed by atoms with Gasteiger partial charge in [0, 0.05) is 37.0 Å². The predicted molar refractivity (Wildman–Crippen MR) is 83.1 cm³/mol. The van der Waals surface area contributed by atoms with E-state index in [1.807, 2.05) is 25.1 Å². The first-order chi connectivity index (χ1) is 9.40. The Morgan fingerprint density at radius 1 is 1.25 bits per heavy atom. The molecular weight excluding hydrogens is 322 g/mol. The number of halogens is 1.